The third-order valence-corrected chi connectivity index (χ3v) is 2.17. The van der Waals surface area contributed by atoms with Gasteiger partial charge in [0.1, 0.15) is 10.3 Å². The van der Waals surface area contributed by atoms with E-state index >= 15 is 0 Å². The minimum atomic E-state index is -2.85. The number of pyridine rings is 1. The summed E-state index contributed by atoms with van der Waals surface area (Å²) in [5.74, 6) is -1.31. The Morgan fingerprint density at radius 2 is 2.27 bits per heavy atom. The van der Waals surface area contributed by atoms with Gasteiger partial charge in [0.2, 0.25) is 0 Å². The quantitative estimate of drug-likeness (QED) is 0.830. The van der Waals surface area contributed by atoms with Gasteiger partial charge < -0.3 is 10.8 Å². The maximum absolute atomic E-state index is 12.5. The number of nitrogens with zero attached hydrogens (tertiary/aromatic N) is 1. The molecule has 1 rings (SSSR count). The van der Waals surface area contributed by atoms with E-state index in [9.17, 15) is 13.6 Å². The van der Waals surface area contributed by atoms with E-state index in [1.807, 2.05) is 0 Å². The van der Waals surface area contributed by atoms with Crippen LogP contribution in [0.5, 0.6) is 0 Å². The number of carboxylic acid groups (broad SMARTS) is 1. The first-order chi connectivity index (χ1) is 6.97. The molecule has 0 aliphatic rings. The lowest BCUT2D eigenvalue weighted by atomic mass is 10.1. The zero-order valence-electron chi connectivity index (χ0n) is 7.38. The second-order valence-electron chi connectivity index (χ2n) is 2.67. The first kappa shape index (κ1) is 12.0. The van der Waals surface area contributed by atoms with Crippen molar-refractivity contribution in [2.75, 3.05) is 0 Å². The molecule has 0 atom stereocenters. The molecule has 0 saturated heterocycles. The molecule has 0 radical (unpaired) electrons. The molecule has 1 heterocycles. The molecular formula is C8H7BrF2N2O2. The molecule has 0 fully saturated rings. The monoisotopic (exact) mass is 280 g/mol. The zero-order valence-corrected chi connectivity index (χ0v) is 8.96. The highest BCUT2D eigenvalue weighted by Crippen LogP contribution is 2.26. The fourth-order valence-electron chi connectivity index (χ4n) is 1.14. The number of aromatic nitrogens is 1. The highest BCUT2D eigenvalue weighted by molar-refractivity contribution is 9.10. The Labute approximate surface area is 92.2 Å². The zero-order chi connectivity index (χ0) is 11.6. The topological polar surface area (TPSA) is 76.2 Å². The highest BCUT2D eigenvalue weighted by atomic mass is 79.9. The summed E-state index contributed by atoms with van der Waals surface area (Å²) in [6.07, 6.45) is -2.85. The Morgan fingerprint density at radius 1 is 1.67 bits per heavy atom. The number of aromatic carboxylic acids is 1. The van der Waals surface area contributed by atoms with Crippen LogP contribution in [-0.4, -0.2) is 16.1 Å². The molecule has 15 heavy (non-hydrogen) atoms. The largest absolute Gasteiger partial charge is 0.478 e. The van der Waals surface area contributed by atoms with Gasteiger partial charge in [-0.1, -0.05) is 0 Å². The Balaban J connectivity index is 3.45. The fraction of sp³-hybridized carbons (Fsp3) is 0.250. The first-order valence-corrected chi connectivity index (χ1v) is 4.67. The molecule has 4 nitrogen and oxygen atoms in total. The summed E-state index contributed by atoms with van der Waals surface area (Å²) in [5.41, 5.74) is 4.24. The van der Waals surface area contributed by atoms with Crippen LogP contribution in [0.4, 0.5) is 8.78 Å². The minimum absolute atomic E-state index is 0.0485. The van der Waals surface area contributed by atoms with E-state index in [1.165, 1.54) is 0 Å². The number of hydrogen-bond acceptors (Lipinski definition) is 3. The van der Waals surface area contributed by atoms with Gasteiger partial charge in [-0.2, -0.15) is 0 Å². The third-order valence-electron chi connectivity index (χ3n) is 1.77. The molecule has 3 N–H and O–H groups in total. The molecule has 0 aromatic carbocycles. The van der Waals surface area contributed by atoms with Gasteiger partial charge in [-0.05, 0) is 22.0 Å². The summed E-state index contributed by atoms with van der Waals surface area (Å²) in [7, 11) is 0. The van der Waals surface area contributed by atoms with Crippen LogP contribution in [0, 0.1) is 0 Å². The van der Waals surface area contributed by atoms with E-state index in [2.05, 4.69) is 20.9 Å². The average Bonchev–Trinajstić information content (AvgIpc) is 2.16. The predicted molar refractivity (Wildman–Crippen MR) is 51.7 cm³/mol. The molecule has 7 heteroatoms. The van der Waals surface area contributed by atoms with Gasteiger partial charge in [0.25, 0.3) is 6.43 Å². The van der Waals surface area contributed by atoms with Crippen molar-refractivity contribution in [3.8, 4) is 0 Å². The Bertz CT molecular complexity index is 398. The standard InChI is InChI=1S/C8H7BrF2N2O2/c9-5-1-3(8(14)15)4(2-12)6(13-5)7(10)11/h1,7H,2,12H2,(H,14,15). The van der Waals surface area contributed by atoms with E-state index in [0.717, 1.165) is 6.07 Å². The highest BCUT2D eigenvalue weighted by Gasteiger charge is 2.21. The third kappa shape index (κ3) is 2.48. The number of rotatable bonds is 3. The number of halogens is 3. The lowest BCUT2D eigenvalue weighted by molar-refractivity contribution is 0.0694. The van der Waals surface area contributed by atoms with Crippen LogP contribution >= 0.6 is 15.9 Å². The summed E-state index contributed by atoms with van der Waals surface area (Å²) in [5, 5.41) is 8.78. The van der Waals surface area contributed by atoms with Crippen molar-refractivity contribution >= 4 is 21.9 Å². The van der Waals surface area contributed by atoms with Crippen LogP contribution < -0.4 is 5.73 Å². The van der Waals surface area contributed by atoms with E-state index in [1.54, 1.807) is 0 Å². The van der Waals surface area contributed by atoms with Gasteiger partial charge in [-0.25, -0.2) is 18.6 Å². The van der Waals surface area contributed by atoms with E-state index in [4.69, 9.17) is 10.8 Å². The van der Waals surface area contributed by atoms with Gasteiger partial charge in [-0.3, -0.25) is 0 Å². The summed E-state index contributed by atoms with van der Waals surface area (Å²) >= 11 is 2.86. The van der Waals surface area contributed by atoms with Gasteiger partial charge in [0.15, 0.2) is 0 Å². The lowest BCUT2D eigenvalue weighted by Crippen LogP contribution is -2.12. The second-order valence-corrected chi connectivity index (χ2v) is 3.48. The Hall–Kier alpha value is -1.08. The maximum Gasteiger partial charge on any atom is 0.336 e. The maximum atomic E-state index is 12.5. The van der Waals surface area contributed by atoms with Crippen molar-refractivity contribution < 1.29 is 18.7 Å². The van der Waals surface area contributed by atoms with Gasteiger partial charge >= 0.3 is 5.97 Å². The van der Waals surface area contributed by atoms with E-state index in [-0.39, 0.29) is 22.3 Å². The summed E-state index contributed by atoms with van der Waals surface area (Å²) in [6, 6.07) is 1.15. The van der Waals surface area contributed by atoms with Crippen LogP contribution in [0.15, 0.2) is 10.7 Å². The first-order valence-electron chi connectivity index (χ1n) is 3.88. The summed E-state index contributed by atoms with van der Waals surface area (Å²) in [4.78, 5) is 14.3. The van der Waals surface area contributed by atoms with Gasteiger partial charge in [0.05, 0.1) is 5.56 Å². The fourth-order valence-corrected chi connectivity index (χ4v) is 1.56. The van der Waals surface area contributed by atoms with Crippen molar-refractivity contribution in [1.29, 1.82) is 0 Å². The summed E-state index contributed by atoms with van der Waals surface area (Å²) in [6.45, 7) is -0.290. The molecule has 0 unspecified atom stereocenters. The molecule has 82 valence electrons. The molecule has 0 aliphatic carbocycles. The lowest BCUT2D eigenvalue weighted by Gasteiger charge is -2.09. The molecule has 1 aromatic rings. The number of alkyl halides is 2. The van der Waals surface area contributed by atoms with Crippen LogP contribution in [0.1, 0.15) is 28.0 Å². The molecule has 0 saturated carbocycles. The minimum Gasteiger partial charge on any atom is -0.478 e. The number of nitrogens with two attached hydrogens (primary N) is 1. The number of carbonyl (C=O) groups is 1. The SMILES string of the molecule is NCc1c(C(=O)O)cc(Br)nc1C(F)F. The van der Waals surface area contributed by atoms with Crippen LogP contribution in [0.25, 0.3) is 0 Å². The average molecular weight is 281 g/mol. The van der Waals surface area contributed by atoms with Crippen molar-refractivity contribution in [3.63, 3.8) is 0 Å². The Kier molecular flexibility index (Phi) is 3.70. The van der Waals surface area contributed by atoms with Crippen molar-refractivity contribution in [1.82, 2.24) is 4.98 Å². The number of hydrogen-bond donors (Lipinski definition) is 2. The predicted octanol–water partition coefficient (Wildman–Crippen LogP) is 1.94. The van der Waals surface area contributed by atoms with Gasteiger partial charge in [0, 0.05) is 12.1 Å². The molecule has 1 aromatic heterocycles. The van der Waals surface area contributed by atoms with Crippen molar-refractivity contribution in [2.45, 2.75) is 13.0 Å². The van der Waals surface area contributed by atoms with Crippen LogP contribution in [0.2, 0.25) is 0 Å². The molecular weight excluding hydrogens is 274 g/mol. The molecule has 0 spiro atoms. The molecule has 0 bridgehead atoms. The smallest absolute Gasteiger partial charge is 0.336 e. The molecule has 0 amide bonds. The second kappa shape index (κ2) is 4.63. The van der Waals surface area contributed by atoms with Gasteiger partial charge in [-0.15, -0.1) is 0 Å². The number of carboxylic acids is 1. The van der Waals surface area contributed by atoms with Crippen LogP contribution in [-0.2, 0) is 6.54 Å². The summed E-state index contributed by atoms with van der Waals surface area (Å²) < 4.78 is 25.1. The normalized spacial score (nSPS) is 10.7. The van der Waals surface area contributed by atoms with Crippen LogP contribution in [0.3, 0.4) is 0 Å². The van der Waals surface area contributed by atoms with E-state index < -0.39 is 18.1 Å². The van der Waals surface area contributed by atoms with Crippen molar-refractivity contribution in [3.05, 3.63) is 27.5 Å². The van der Waals surface area contributed by atoms with Crippen molar-refractivity contribution in [2.24, 2.45) is 5.73 Å². The van der Waals surface area contributed by atoms with E-state index in [0.29, 0.717) is 0 Å². The Morgan fingerprint density at radius 3 is 2.67 bits per heavy atom. The molecule has 0 aliphatic heterocycles.